The van der Waals surface area contributed by atoms with Gasteiger partial charge in [0, 0.05) is 5.70 Å². The van der Waals surface area contributed by atoms with Crippen LogP contribution in [0.3, 0.4) is 0 Å². The maximum absolute atomic E-state index is 12.6. The highest BCUT2D eigenvalue weighted by Gasteiger charge is 2.32. The van der Waals surface area contributed by atoms with E-state index in [1.807, 2.05) is 42.5 Å². The van der Waals surface area contributed by atoms with Crippen molar-refractivity contribution in [2.24, 2.45) is 5.10 Å². The van der Waals surface area contributed by atoms with Crippen LogP contribution < -0.4 is 30.3 Å². The van der Waals surface area contributed by atoms with Crippen LogP contribution in [0.5, 0.6) is 17.2 Å². The molecule has 13 heteroatoms. The molecule has 1 heterocycles. The fourth-order valence-corrected chi connectivity index (χ4v) is 5.73. The van der Waals surface area contributed by atoms with Crippen LogP contribution in [0.25, 0.3) is 0 Å². The topological polar surface area (TPSA) is 137 Å². The van der Waals surface area contributed by atoms with Gasteiger partial charge >= 0.3 is 12.0 Å². The summed E-state index contributed by atoms with van der Waals surface area (Å²) in [5, 5.41) is 9.35. The Kier molecular flexibility index (Phi) is 11.4. The number of esters is 1. The Morgan fingerprint density at radius 2 is 1.75 bits per heavy atom. The fourth-order valence-electron chi connectivity index (χ4n) is 4.28. The number of hydrogen-bond donors (Lipinski definition) is 3. The Balaban J connectivity index is 1.36. The largest absolute Gasteiger partial charge is 0.493 e. The number of hydrazone groups is 1. The molecule has 0 fully saturated rings. The number of amides is 3. The number of halogens is 2. The van der Waals surface area contributed by atoms with E-state index in [0.29, 0.717) is 34.9 Å². The quantitative estimate of drug-likeness (QED) is 0.127. The second-order valence-corrected chi connectivity index (χ2v) is 11.1. The first-order valence-electron chi connectivity index (χ1n) is 13.4. The molecule has 1 aliphatic rings. The Hall–Kier alpha value is -4.36. The lowest BCUT2D eigenvalue weighted by molar-refractivity contribution is -0.139. The van der Waals surface area contributed by atoms with Crippen LogP contribution in [0, 0.1) is 0 Å². The van der Waals surface area contributed by atoms with Gasteiger partial charge < -0.3 is 29.6 Å². The maximum Gasteiger partial charge on any atom is 0.338 e. The minimum atomic E-state index is -0.770. The molecule has 3 aromatic rings. The third-order valence-corrected chi connectivity index (χ3v) is 7.47. The summed E-state index contributed by atoms with van der Waals surface area (Å²) in [5.74, 6) is 0.187. The number of nitrogens with one attached hydrogen (secondary N) is 3. The molecule has 3 aromatic carbocycles. The number of carbonyl (C=O) groups excluding carboxylic acids is 3. The van der Waals surface area contributed by atoms with E-state index in [1.165, 1.54) is 13.3 Å². The molecule has 0 aliphatic carbocycles. The second-order valence-electron chi connectivity index (χ2n) is 9.37. The van der Waals surface area contributed by atoms with Crippen molar-refractivity contribution in [3.63, 3.8) is 0 Å². The lowest BCUT2D eigenvalue weighted by Crippen LogP contribution is -2.45. The Bertz CT molecular complexity index is 1570. The molecular weight excluding hydrogens is 700 g/mol. The molecule has 1 atom stereocenters. The van der Waals surface area contributed by atoms with E-state index < -0.39 is 23.9 Å². The highest BCUT2D eigenvalue weighted by atomic mass is 79.9. The summed E-state index contributed by atoms with van der Waals surface area (Å²) in [5.41, 5.74) is 5.41. The minimum absolute atomic E-state index is 0.185. The molecule has 3 N–H and O–H groups in total. The Morgan fingerprint density at radius 3 is 2.43 bits per heavy atom. The van der Waals surface area contributed by atoms with Gasteiger partial charge in [0.25, 0.3) is 5.91 Å². The van der Waals surface area contributed by atoms with E-state index in [2.05, 4.69) is 53.0 Å². The van der Waals surface area contributed by atoms with E-state index in [1.54, 1.807) is 32.0 Å². The molecule has 230 valence electrons. The summed E-state index contributed by atoms with van der Waals surface area (Å²) in [6.07, 6.45) is 1.49. The average molecular weight is 730 g/mol. The summed E-state index contributed by atoms with van der Waals surface area (Å²) in [6, 6.07) is 17.1. The lowest BCUT2D eigenvalue weighted by Gasteiger charge is -2.28. The van der Waals surface area contributed by atoms with Gasteiger partial charge in [0.2, 0.25) is 0 Å². The third-order valence-electron chi connectivity index (χ3n) is 6.29. The molecule has 0 saturated heterocycles. The van der Waals surface area contributed by atoms with E-state index in [4.69, 9.17) is 18.9 Å². The van der Waals surface area contributed by atoms with Crippen LogP contribution in [0.2, 0.25) is 0 Å². The molecule has 0 aromatic heterocycles. The maximum atomic E-state index is 12.6. The number of rotatable bonds is 12. The zero-order valence-electron chi connectivity index (χ0n) is 24.1. The number of carbonyl (C=O) groups is 3. The van der Waals surface area contributed by atoms with Gasteiger partial charge in [0.15, 0.2) is 18.1 Å². The third kappa shape index (κ3) is 8.38. The summed E-state index contributed by atoms with van der Waals surface area (Å²) in [7, 11) is 1.44. The number of allylic oxidation sites excluding steroid dienone is 1. The second kappa shape index (κ2) is 15.4. The predicted octanol–water partition coefficient (Wildman–Crippen LogP) is 5.52. The zero-order valence-corrected chi connectivity index (χ0v) is 27.3. The molecule has 0 spiro atoms. The van der Waals surface area contributed by atoms with Gasteiger partial charge in [-0.15, -0.1) is 0 Å². The van der Waals surface area contributed by atoms with Gasteiger partial charge in [-0.3, -0.25) is 4.79 Å². The van der Waals surface area contributed by atoms with E-state index >= 15 is 0 Å². The highest BCUT2D eigenvalue weighted by Crippen LogP contribution is 2.36. The van der Waals surface area contributed by atoms with Crippen molar-refractivity contribution in [3.8, 4) is 17.2 Å². The van der Waals surface area contributed by atoms with Crippen LogP contribution in [-0.4, -0.2) is 44.4 Å². The van der Waals surface area contributed by atoms with Gasteiger partial charge in [0.05, 0.1) is 40.5 Å². The van der Waals surface area contributed by atoms with Gasteiger partial charge in [-0.25, -0.2) is 15.0 Å². The number of nitrogens with zero attached hydrogens (tertiary/aromatic N) is 1. The SMILES string of the molecule is CCOC(=O)C1=C(C)NC(=O)N[C@H]1c1ccc(OCC(=O)N/N=C\c2cc(Br)c(OCc3ccccc3)c(Br)c2)c(OC)c1. The monoisotopic (exact) mass is 728 g/mol. The van der Waals surface area contributed by atoms with Crippen molar-refractivity contribution in [1.82, 2.24) is 16.1 Å². The molecular formula is C31H30Br2N4O7. The van der Waals surface area contributed by atoms with Crippen LogP contribution >= 0.6 is 31.9 Å². The number of benzene rings is 3. The Morgan fingerprint density at radius 1 is 1.02 bits per heavy atom. The van der Waals surface area contributed by atoms with Crippen molar-refractivity contribution in [1.29, 1.82) is 0 Å². The summed E-state index contributed by atoms with van der Waals surface area (Å²) in [4.78, 5) is 37.2. The van der Waals surface area contributed by atoms with Gasteiger partial charge in [-0.05, 0) is 86.7 Å². The van der Waals surface area contributed by atoms with Crippen molar-refractivity contribution in [2.75, 3.05) is 20.3 Å². The molecule has 11 nitrogen and oxygen atoms in total. The smallest absolute Gasteiger partial charge is 0.338 e. The van der Waals surface area contributed by atoms with Crippen LogP contribution in [0.4, 0.5) is 4.79 Å². The zero-order chi connectivity index (χ0) is 31.6. The van der Waals surface area contributed by atoms with E-state index in [0.717, 1.165) is 14.5 Å². The molecule has 0 unspecified atom stereocenters. The van der Waals surface area contributed by atoms with Crippen molar-refractivity contribution < 1.29 is 33.3 Å². The molecule has 0 radical (unpaired) electrons. The number of ether oxygens (including phenoxy) is 4. The van der Waals surface area contributed by atoms with Gasteiger partial charge in [-0.2, -0.15) is 5.10 Å². The molecule has 0 bridgehead atoms. The summed E-state index contributed by atoms with van der Waals surface area (Å²) >= 11 is 7.05. The molecule has 1 aliphatic heterocycles. The first kappa shape index (κ1) is 32.6. The highest BCUT2D eigenvalue weighted by molar-refractivity contribution is 9.11. The standard InChI is InChI=1S/C31H30Br2N4O7/c1-4-42-30(39)27-18(2)35-31(40)36-28(27)21-10-11-24(25(14-21)41-3)43-17-26(38)37-34-15-20-12-22(32)29(23(33)13-20)44-16-19-8-6-5-7-9-19/h5-15,28H,4,16-17H2,1-3H3,(H,37,38)(H2,35,36,40)/b34-15-/t28-/m0/s1. The predicted molar refractivity (Wildman–Crippen MR) is 171 cm³/mol. The van der Waals surface area contributed by atoms with Crippen molar-refractivity contribution in [3.05, 3.63) is 97.6 Å². The molecule has 44 heavy (non-hydrogen) atoms. The van der Waals surface area contributed by atoms with Crippen molar-refractivity contribution in [2.45, 2.75) is 26.5 Å². The van der Waals surface area contributed by atoms with E-state index in [-0.39, 0.29) is 24.5 Å². The number of urea groups is 1. The first-order valence-corrected chi connectivity index (χ1v) is 15.0. The number of hydrogen-bond acceptors (Lipinski definition) is 8. The number of methoxy groups -OCH3 is 1. The normalized spacial score (nSPS) is 14.5. The lowest BCUT2D eigenvalue weighted by atomic mass is 9.95. The van der Waals surface area contributed by atoms with Crippen LogP contribution in [0.1, 0.15) is 36.6 Å². The van der Waals surface area contributed by atoms with Gasteiger partial charge in [0.1, 0.15) is 12.4 Å². The van der Waals surface area contributed by atoms with Gasteiger partial charge in [-0.1, -0.05) is 36.4 Å². The summed E-state index contributed by atoms with van der Waals surface area (Å²) < 4.78 is 23.7. The minimum Gasteiger partial charge on any atom is -0.493 e. The summed E-state index contributed by atoms with van der Waals surface area (Å²) in [6.45, 7) is 3.58. The Labute approximate surface area is 271 Å². The molecule has 0 saturated carbocycles. The van der Waals surface area contributed by atoms with Crippen molar-refractivity contribution >= 4 is 56.0 Å². The van der Waals surface area contributed by atoms with E-state index in [9.17, 15) is 14.4 Å². The van der Waals surface area contributed by atoms with Crippen LogP contribution in [-0.2, 0) is 20.9 Å². The average Bonchev–Trinajstić information content (AvgIpc) is 2.99. The fraction of sp³-hybridized carbons (Fsp3) is 0.226. The first-order chi connectivity index (χ1) is 21.2. The molecule has 4 rings (SSSR count). The molecule has 3 amide bonds. The van der Waals surface area contributed by atoms with Crippen LogP contribution in [0.15, 0.2) is 86.0 Å².